The fraction of sp³-hybridized carbons (Fsp3) is 0.316. The molecule has 0 radical (unpaired) electrons. The number of thioether (sulfide) groups is 1. The molecule has 27 heavy (non-hydrogen) atoms. The Morgan fingerprint density at radius 2 is 2.19 bits per heavy atom. The zero-order valence-electron chi connectivity index (χ0n) is 14.8. The molecule has 2 aromatic carbocycles. The molecule has 0 bridgehead atoms. The van der Waals surface area contributed by atoms with Crippen molar-refractivity contribution in [1.82, 2.24) is 5.32 Å². The first-order chi connectivity index (χ1) is 13.1. The van der Waals surface area contributed by atoms with Crippen molar-refractivity contribution in [2.75, 3.05) is 19.5 Å². The normalized spacial score (nSPS) is 15.4. The van der Waals surface area contributed by atoms with Crippen molar-refractivity contribution in [3.63, 3.8) is 0 Å². The molecule has 0 saturated heterocycles. The van der Waals surface area contributed by atoms with E-state index in [-0.39, 0.29) is 29.1 Å². The number of benzene rings is 2. The van der Waals surface area contributed by atoms with Gasteiger partial charge in [0, 0.05) is 23.8 Å². The highest BCUT2D eigenvalue weighted by molar-refractivity contribution is 7.99. The van der Waals surface area contributed by atoms with Crippen molar-refractivity contribution >= 4 is 23.4 Å². The summed E-state index contributed by atoms with van der Waals surface area (Å²) in [6.45, 7) is 0.574. The quantitative estimate of drug-likeness (QED) is 0.577. The summed E-state index contributed by atoms with van der Waals surface area (Å²) in [4.78, 5) is 22.9. The number of nitrogens with one attached hydrogen (secondary N) is 1. The van der Waals surface area contributed by atoms with Crippen molar-refractivity contribution in [2.45, 2.75) is 18.2 Å². The third-order valence-corrected chi connectivity index (χ3v) is 5.24. The first-order valence-corrected chi connectivity index (χ1v) is 9.64. The van der Waals surface area contributed by atoms with Crippen LogP contribution in [0.5, 0.6) is 11.5 Å². The number of hydrogen-bond acceptors (Lipinski definition) is 6. The third kappa shape index (κ3) is 4.71. The Hall–Kier alpha value is -2.74. The fourth-order valence-corrected chi connectivity index (χ4v) is 3.74. The molecule has 0 aromatic heterocycles. The lowest BCUT2D eigenvalue weighted by Crippen LogP contribution is -2.33. The largest absolute Gasteiger partial charge is 0.493 e. The van der Waals surface area contributed by atoms with Crippen molar-refractivity contribution in [3.8, 4) is 11.5 Å². The number of carbonyl (C=O) groups excluding carboxylic acids is 1. The van der Waals surface area contributed by atoms with E-state index >= 15 is 0 Å². The van der Waals surface area contributed by atoms with E-state index in [1.54, 1.807) is 12.1 Å². The van der Waals surface area contributed by atoms with Gasteiger partial charge in [-0.1, -0.05) is 24.3 Å². The number of nitro groups is 1. The average Bonchev–Trinajstić information content (AvgIpc) is 2.68. The van der Waals surface area contributed by atoms with Crippen LogP contribution in [0.2, 0.25) is 0 Å². The number of hydrogen-bond donors (Lipinski definition) is 1. The monoisotopic (exact) mass is 388 g/mol. The van der Waals surface area contributed by atoms with Gasteiger partial charge in [0.2, 0.25) is 5.91 Å². The number of nitro benzene ring substituents is 1. The maximum absolute atomic E-state index is 12.3. The lowest BCUT2D eigenvalue weighted by atomic mass is 10.0. The van der Waals surface area contributed by atoms with Crippen LogP contribution in [-0.2, 0) is 10.5 Å². The van der Waals surface area contributed by atoms with Crippen LogP contribution < -0.4 is 14.8 Å². The number of rotatable bonds is 7. The predicted octanol–water partition coefficient (Wildman–Crippen LogP) is 3.48. The standard InChI is InChI=1S/C19H20N2O5S/c1-25-18-7-6-13(10-16(18)21(23)24)11-27-12-19(22)20-15-8-9-26-17-5-3-2-4-14(15)17/h2-7,10,15H,8-9,11-12H2,1H3,(H,20,22). The van der Waals surface area contributed by atoms with Gasteiger partial charge in [-0.2, -0.15) is 0 Å². The van der Waals surface area contributed by atoms with E-state index in [2.05, 4.69) is 5.32 Å². The topological polar surface area (TPSA) is 90.7 Å². The molecule has 0 saturated carbocycles. The summed E-state index contributed by atoms with van der Waals surface area (Å²) in [7, 11) is 1.40. The summed E-state index contributed by atoms with van der Waals surface area (Å²) in [6.07, 6.45) is 0.734. The van der Waals surface area contributed by atoms with Crippen molar-refractivity contribution in [3.05, 3.63) is 63.7 Å². The Morgan fingerprint density at radius 1 is 1.37 bits per heavy atom. The van der Waals surface area contributed by atoms with E-state index in [0.29, 0.717) is 12.4 Å². The number of nitrogens with zero attached hydrogens (tertiary/aromatic N) is 1. The molecule has 0 spiro atoms. The van der Waals surface area contributed by atoms with Crippen LogP contribution in [0.1, 0.15) is 23.6 Å². The summed E-state index contributed by atoms with van der Waals surface area (Å²) in [5.41, 5.74) is 1.70. The molecular formula is C19H20N2O5S. The molecule has 2 aromatic rings. The van der Waals surface area contributed by atoms with E-state index < -0.39 is 4.92 Å². The van der Waals surface area contributed by atoms with Gasteiger partial charge in [0.1, 0.15) is 5.75 Å². The minimum Gasteiger partial charge on any atom is -0.493 e. The van der Waals surface area contributed by atoms with Crippen molar-refractivity contribution in [2.24, 2.45) is 0 Å². The summed E-state index contributed by atoms with van der Waals surface area (Å²) in [5.74, 6) is 1.75. The molecule has 142 valence electrons. The van der Waals surface area contributed by atoms with E-state index in [0.717, 1.165) is 23.3 Å². The third-order valence-electron chi connectivity index (χ3n) is 4.24. The lowest BCUT2D eigenvalue weighted by Gasteiger charge is -2.26. The molecular weight excluding hydrogens is 368 g/mol. The highest BCUT2D eigenvalue weighted by Crippen LogP contribution is 2.32. The number of carbonyl (C=O) groups is 1. The molecule has 1 atom stereocenters. The second kappa shape index (κ2) is 8.77. The SMILES string of the molecule is COc1ccc(CSCC(=O)NC2CCOc3ccccc32)cc1[N+](=O)[O-]. The van der Waals surface area contributed by atoms with Crippen LogP contribution in [0.3, 0.4) is 0 Å². The van der Waals surface area contributed by atoms with Gasteiger partial charge in [0.05, 0.1) is 30.4 Å². The Morgan fingerprint density at radius 3 is 2.96 bits per heavy atom. The number of fused-ring (bicyclic) bond motifs is 1. The fourth-order valence-electron chi connectivity index (χ4n) is 2.96. The van der Waals surface area contributed by atoms with E-state index in [1.165, 1.54) is 24.9 Å². The molecule has 1 heterocycles. The van der Waals surface area contributed by atoms with Crippen molar-refractivity contribution in [1.29, 1.82) is 0 Å². The number of para-hydroxylation sites is 1. The number of amides is 1. The summed E-state index contributed by atoms with van der Waals surface area (Å²) >= 11 is 1.41. The first kappa shape index (κ1) is 19.0. The Bertz CT molecular complexity index is 843. The molecule has 8 heteroatoms. The first-order valence-electron chi connectivity index (χ1n) is 8.48. The molecule has 1 amide bonds. The predicted molar refractivity (Wildman–Crippen MR) is 103 cm³/mol. The molecule has 7 nitrogen and oxygen atoms in total. The van der Waals surface area contributed by atoms with Gasteiger partial charge in [0.15, 0.2) is 5.75 Å². The van der Waals surface area contributed by atoms with Gasteiger partial charge < -0.3 is 14.8 Å². The molecule has 1 N–H and O–H groups in total. The molecule has 0 aliphatic carbocycles. The maximum Gasteiger partial charge on any atom is 0.311 e. The molecule has 1 aliphatic rings. The van der Waals surface area contributed by atoms with Gasteiger partial charge >= 0.3 is 5.69 Å². The Labute approximate surface area is 161 Å². The zero-order valence-corrected chi connectivity index (χ0v) is 15.7. The second-order valence-corrected chi connectivity index (χ2v) is 7.04. The highest BCUT2D eigenvalue weighted by Gasteiger charge is 2.22. The minimum absolute atomic E-state index is 0.0508. The van der Waals surface area contributed by atoms with E-state index in [1.807, 2.05) is 24.3 Å². The lowest BCUT2D eigenvalue weighted by molar-refractivity contribution is -0.385. The Balaban J connectivity index is 1.53. The smallest absolute Gasteiger partial charge is 0.311 e. The van der Waals surface area contributed by atoms with Crippen LogP contribution in [0.4, 0.5) is 5.69 Å². The second-order valence-electron chi connectivity index (χ2n) is 6.05. The average molecular weight is 388 g/mol. The zero-order chi connectivity index (χ0) is 19.2. The minimum atomic E-state index is -0.470. The van der Waals surface area contributed by atoms with Crippen molar-refractivity contribution < 1.29 is 19.2 Å². The van der Waals surface area contributed by atoms with E-state index in [9.17, 15) is 14.9 Å². The van der Waals surface area contributed by atoms with Gasteiger partial charge in [0.25, 0.3) is 0 Å². The Kier molecular flexibility index (Phi) is 6.18. The number of methoxy groups -OCH3 is 1. The maximum atomic E-state index is 12.3. The van der Waals surface area contributed by atoms with Crippen LogP contribution in [0.15, 0.2) is 42.5 Å². The summed E-state index contributed by atoms with van der Waals surface area (Å²) in [6, 6.07) is 12.5. The highest BCUT2D eigenvalue weighted by atomic mass is 32.2. The molecule has 3 rings (SSSR count). The molecule has 1 unspecified atom stereocenters. The van der Waals surface area contributed by atoms with Gasteiger partial charge in [-0.25, -0.2) is 0 Å². The number of ether oxygens (including phenoxy) is 2. The summed E-state index contributed by atoms with van der Waals surface area (Å²) < 4.78 is 10.6. The van der Waals surface area contributed by atoms with Crippen LogP contribution in [-0.4, -0.2) is 30.3 Å². The van der Waals surface area contributed by atoms with Crippen LogP contribution in [0, 0.1) is 10.1 Å². The molecule has 1 aliphatic heterocycles. The van der Waals surface area contributed by atoms with Gasteiger partial charge in [-0.05, 0) is 17.7 Å². The molecule has 0 fully saturated rings. The van der Waals surface area contributed by atoms with Crippen LogP contribution >= 0.6 is 11.8 Å². The summed E-state index contributed by atoms with van der Waals surface area (Å²) in [5, 5.41) is 14.1. The van der Waals surface area contributed by atoms with Gasteiger partial charge in [-0.3, -0.25) is 14.9 Å². The van der Waals surface area contributed by atoms with Crippen LogP contribution in [0.25, 0.3) is 0 Å². The van der Waals surface area contributed by atoms with E-state index in [4.69, 9.17) is 9.47 Å². The van der Waals surface area contributed by atoms with Gasteiger partial charge in [-0.15, -0.1) is 11.8 Å².